The molecule has 2 aromatic rings. The smallest absolute Gasteiger partial charge is 0.341 e. The van der Waals surface area contributed by atoms with E-state index in [-0.39, 0.29) is 0 Å². The summed E-state index contributed by atoms with van der Waals surface area (Å²) < 4.78 is 10.7. The number of aromatic nitrogens is 2. The first-order valence-corrected chi connectivity index (χ1v) is 8.23. The third kappa shape index (κ3) is 4.18. The molecule has 132 valence electrons. The van der Waals surface area contributed by atoms with Gasteiger partial charge in [0.2, 0.25) is 5.95 Å². The van der Waals surface area contributed by atoms with Crippen molar-refractivity contribution in [2.24, 2.45) is 0 Å². The minimum atomic E-state index is -1.04. The van der Waals surface area contributed by atoms with E-state index in [0.29, 0.717) is 35.5 Å². The average molecular weight is 364 g/mol. The zero-order chi connectivity index (χ0) is 17.8. The van der Waals surface area contributed by atoms with Gasteiger partial charge in [0.15, 0.2) is 6.61 Å². The van der Waals surface area contributed by atoms with E-state index in [1.54, 1.807) is 24.4 Å². The molecule has 0 saturated carbocycles. The van der Waals surface area contributed by atoms with Crippen LogP contribution in [-0.2, 0) is 9.53 Å². The van der Waals surface area contributed by atoms with Crippen LogP contribution in [0, 0.1) is 6.92 Å². The summed E-state index contributed by atoms with van der Waals surface area (Å²) in [6.45, 7) is 4.27. The Morgan fingerprint density at radius 3 is 2.80 bits per heavy atom. The molecule has 25 heavy (non-hydrogen) atoms. The molecule has 3 rings (SSSR count). The lowest BCUT2D eigenvalue weighted by atomic mass is 10.1. The Morgan fingerprint density at radius 2 is 2.12 bits per heavy atom. The number of hydrogen-bond donors (Lipinski definition) is 1. The number of aryl methyl sites for hydroxylation is 1. The Morgan fingerprint density at radius 1 is 1.36 bits per heavy atom. The zero-order valence-corrected chi connectivity index (χ0v) is 14.5. The summed E-state index contributed by atoms with van der Waals surface area (Å²) in [6, 6.07) is 5.02. The maximum atomic E-state index is 10.8. The van der Waals surface area contributed by atoms with Gasteiger partial charge >= 0.3 is 5.97 Å². The van der Waals surface area contributed by atoms with E-state index in [9.17, 15) is 4.79 Å². The fraction of sp³-hybridized carbons (Fsp3) is 0.353. The van der Waals surface area contributed by atoms with Gasteiger partial charge in [-0.2, -0.15) is 0 Å². The van der Waals surface area contributed by atoms with Crippen LogP contribution >= 0.6 is 11.6 Å². The lowest BCUT2D eigenvalue weighted by Crippen LogP contribution is -2.37. The van der Waals surface area contributed by atoms with Crippen molar-refractivity contribution < 1.29 is 19.4 Å². The SMILES string of the molecule is Cc1nc(N2CCOCC2)ncc1-c1cc(Cl)ccc1OCC(=O)O. The van der Waals surface area contributed by atoms with Crippen LogP contribution in [0.4, 0.5) is 5.95 Å². The number of morpholine rings is 1. The molecule has 0 amide bonds. The van der Waals surface area contributed by atoms with E-state index in [4.69, 9.17) is 26.2 Å². The van der Waals surface area contributed by atoms with Gasteiger partial charge < -0.3 is 19.5 Å². The number of benzene rings is 1. The highest BCUT2D eigenvalue weighted by Gasteiger charge is 2.17. The van der Waals surface area contributed by atoms with Crippen LogP contribution in [0.5, 0.6) is 5.75 Å². The van der Waals surface area contributed by atoms with Crippen LogP contribution in [0.25, 0.3) is 11.1 Å². The Kier molecular flexibility index (Phi) is 5.35. The third-order valence-corrected chi connectivity index (χ3v) is 4.08. The van der Waals surface area contributed by atoms with Crippen LogP contribution < -0.4 is 9.64 Å². The minimum absolute atomic E-state index is 0.428. The second kappa shape index (κ2) is 7.67. The Hall–Kier alpha value is -2.38. The fourth-order valence-electron chi connectivity index (χ4n) is 2.61. The van der Waals surface area contributed by atoms with Gasteiger partial charge in [-0.05, 0) is 25.1 Å². The maximum absolute atomic E-state index is 10.8. The Bertz CT molecular complexity index is 778. The van der Waals surface area contributed by atoms with Crippen LogP contribution in [0.15, 0.2) is 24.4 Å². The van der Waals surface area contributed by atoms with Crippen molar-refractivity contribution in [2.75, 3.05) is 37.8 Å². The molecule has 1 aliphatic rings. The van der Waals surface area contributed by atoms with E-state index in [2.05, 4.69) is 14.9 Å². The summed E-state index contributed by atoms with van der Waals surface area (Å²) in [5.41, 5.74) is 2.18. The van der Waals surface area contributed by atoms with Crippen LogP contribution in [0.3, 0.4) is 0 Å². The summed E-state index contributed by atoms with van der Waals surface area (Å²) in [5, 5.41) is 9.36. The van der Waals surface area contributed by atoms with Crippen LogP contribution in [-0.4, -0.2) is 54.0 Å². The highest BCUT2D eigenvalue weighted by atomic mass is 35.5. The average Bonchev–Trinajstić information content (AvgIpc) is 2.61. The summed E-state index contributed by atoms with van der Waals surface area (Å²) in [7, 11) is 0. The lowest BCUT2D eigenvalue weighted by molar-refractivity contribution is -0.139. The van der Waals surface area contributed by atoms with E-state index in [0.717, 1.165) is 24.3 Å². The topological polar surface area (TPSA) is 84.8 Å². The maximum Gasteiger partial charge on any atom is 0.341 e. The monoisotopic (exact) mass is 363 g/mol. The van der Waals surface area contributed by atoms with Gasteiger partial charge in [0.1, 0.15) is 5.75 Å². The number of carbonyl (C=O) groups is 1. The first-order valence-electron chi connectivity index (χ1n) is 7.85. The molecule has 1 saturated heterocycles. The molecule has 1 aromatic heterocycles. The van der Waals surface area contributed by atoms with Crippen molar-refractivity contribution in [1.29, 1.82) is 0 Å². The van der Waals surface area contributed by atoms with Crippen molar-refractivity contribution in [3.63, 3.8) is 0 Å². The second-order valence-electron chi connectivity index (χ2n) is 5.59. The van der Waals surface area contributed by atoms with Gasteiger partial charge in [-0.25, -0.2) is 14.8 Å². The largest absolute Gasteiger partial charge is 0.481 e. The number of aliphatic carboxylic acids is 1. The normalized spacial score (nSPS) is 14.4. The molecule has 1 aromatic carbocycles. The number of anilines is 1. The predicted molar refractivity (Wildman–Crippen MR) is 93.4 cm³/mol. The summed E-state index contributed by atoms with van der Waals surface area (Å²) in [6.07, 6.45) is 1.71. The zero-order valence-electron chi connectivity index (χ0n) is 13.7. The number of rotatable bonds is 5. The molecule has 8 heteroatoms. The van der Waals surface area contributed by atoms with Gasteiger partial charge in [-0.15, -0.1) is 0 Å². The lowest BCUT2D eigenvalue weighted by Gasteiger charge is -2.27. The molecule has 0 atom stereocenters. The number of carboxylic acid groups (broad SMARTS) is 1. The minimum Gasteiger partial charge on any atom is -0.481 e. The summed E-state index contributed by atoms with van der Waals surface area (Å²) in [4.78, 5) is 21.9. The Labute approximate surface area is 150 Å². The quantitative estimate of drug-likeness (QED) is 0.873. The number of ether oxygens (including phenoxy) is 2. The molecule has 7 nitrogen and oxygen atoms in total. The van der Waals surface area contributed by atoms with Gasteiger partial charge in [0, 0.05) is 35.4 Å². The van der Waals surface area contributed by atoms with Gasteiger partial charge in [-0.3, -0.25) is 0 Å². The highest BCUT2D eigenvalue weighted by molar-refractivity contribution is 6.31. The number of nitrogens with zero attached hydrogens (tertiary/aromatic N) is 3. The van der Waals surface area contributed by atoms with E-state index < -0.39 is 12.6 Å². The van der Waals surface area contributed by atoms with Gasteiger partial charge in [-0.1, -0.05) is 11.6 Å². The molecule has 1 fully saturated rings. The van der Waals surface area contributed by atoms with Crippen LogP contribution in [0.1, 0.15) is 5.69 Å². The van der Waals surface area contributed by atoms with Gasteiger partial charge in [0.25, 0.3) is 0 Å². The van der Waals surface area contributed by atoms with Crippen molar-refractivity contribution in [3.8, 4) is 16.9 Å². The summed E-state index contributed by atoms with van der Waals surface area (Å²) in [5.74, 6) is 0.0359. The third-order valence-electron chi connectivity index (χ3n) is 3.84. The fourth-order valence-corrected chi connectivity index (χ4v) is 2.79. The second-order valence-corrected chi connectivity index (χ2v) is 6.03. The van der Waals surface area contributed by atoms with Crippen molar-refractivity contribution in [2.45, 2.75) is 6.92 Å². The molecule has 0 bridgehead atoms. The van der Waals surface area contributed by atoms with Gasteiger partial charge in [0.05, 0.1) is 18.9 Å². The summed E-state index contributed by atoms with van der Waals surface area (Å²) >= 11 is 6.10. The molecule has 0 radical (unpaired) electrons. The number of hydrogen-bond acceptors (Lipinski definition) is 6. The molecular weight excluding hydrogens is 346 g/mol. The Balaban J connectivity index is 1.92. The van der Waals surface area contributed by atoms with E-state index in [1.807, 2.05) is 6.92 Å². The van der Waals surface area contributed by atoms with Crippen LogP contribution in [0.2, 0.25) is 5.02 Å². The molecule has 0 spiro atoms. The number of carboxylic acids is 1. The van der Waals surface area contributed by atoms with Crippen molar-refractivity contribution in [3.05, 3.63) is 35.1 Å². The molecule has 1 aliphatic heterocycles. The van der Waals surface area contributed by atoms with E-state index in [1.165, 1.54) is 0 Å². The standard InChI is InChI=1S/C17H18ClN3O4/c1-11-14(9-19-17(20-11)21-4-6-24-7-5-21)13-8-12(18)2-3-15(13)25-10-16(22)23/h2-3,8-9H,4-7,10H2,1H3,(H,22,23). The molecular formula is C17H18ClN3O4. The molecule has 0 unspecified atom stereocenters. The predicted octanol–water partition coefficient (Wildman–Crippen LogP) is 2.41. The molecule has 2 heterocycles. The van der Waals surface area contributed by atoms with Crippen molar-refractivity contribution in [1.82, 2.24) is 9.97 Å². The molecule has 0 aliphatic carbocycles. The first-order chi connectivity index (χ1) is 12.0. The van der Waals surface area contributed by atoms with E-state index >= 15 is 0 Å². The number of halogens is 1. The molecule has 1 N–H and O–H groups in total. The highest BCUT2D eigenvalue weighted by Crippen LogP contribution is 2.34. The first kappa shape index (κ1) is 17.4. The van der Waals surface area contributed by atoms with Crippen molar-refractivity contribution >= 4 is 23.5 Å².